The molecule has 2 N–H and O–H groups in total. The summed E-state index contributed by atoms with van der Waals surface area (Å²) in [5.74, 6) is 2.53. The molecule has 1 aromatic carbocycles. The summed E-state index contributed by atoms with van der Waals surface area (Å²) in [6.45, 7) is 8.94. The summed E-state index contributed by atoms with van der Waals surface area (Å²) in [5.41, 5.74) is 4.32. The van der Waals surface area contributed by atoms with Crippen molar-refractivity contribution >= 4 is 29.9 Å². The lowest BCUT2D eigenvalue weighted by atomic mass is 9.89. The number of nitrogens with zero attached hydrogens (tertiary/aromatic N) is 4. The van der Waals surface area contributed by atoms with Crippen LogP contribution in [0.4, 0.5) is 0 Å². The standard InChI is InChI=1S/C23H36N6O.HI/c1-5-30-14-8-13-24-23(25-16-22-28-27-18(3)29(22)4)26-17(2)20-12-11-19-9-6-7-10-21(19)15-20;/h11-12,15,17H,5-10,13-14,16H2,1-4H3,(H2,24,25,26);1H. The Morgan fingerprint density at radius 3 is 2.71 bits per heavy atom. The number of aliphatic imine (C=N–C) groups is 1. The minimum atomic E-state index is 0. The summed E-state index contributed by atoms with van der Waals surface area (Å²) in [5, 5.41) is 15.4. The second kappa shape index (κ2) is 13.0. The van der Waals surface area contributed by atoms with Gasteiger partial charge in [-0.05, 0) is 69.6 Å². The highest BCUT2D eigenvalue weighted by Gasteiger charge is 2.14. The Balaban J connectivity index is 0.00000341. The summed E-state index contributed by atoms with van der Waals surface area (Å²) >= 11 is 0. The predicted octanol–water partition coefficient (Wildman–Crippen LogP) is 3.84. The number of nitrogens with one attached hydrogen (secondary N) is 2. The molecule has 1 aliphatic carbocycles. The van der Waals surface area contributed by atoms with Gasteiger partial charge in [-0.3, -0.25) is 0 Å². The van der Waals surface area contributed by atoms with Gasteiger partial charge in [0.15, 0.2) is 11.8 Å². The Bertz CT molecular complexity index is 851. The molecular weight excluding hydrogens is 503 g/mol. The molecule has 0 fully saturated rings. The van der Waals surface area contributed by atoms with Gasteiger partial charge in [0.1, 0.15) is 12.4 Å². The van der Waals surface area contributed by atoms with Gasteiger partial charge >= 0.3 is 0 Å². The molecule has 0 saturated heterocycles. The summed E-state index contributed by atoms with van der Waals surface area (Å²) in [6.07, 6.45) is 5.94. The predicted molar refractivity (Wildman–Crippen MR) is 136 cm³/mol. The summed E-state index contributed by atoms with van der Waals surface area (Å²) in [7, 11) is 1.97. The monoisotopic (exact) mass is 540 g/mol. The molecule has 1 unspecified atom stereocenters. The number of aromatic nitrogens is 3. The molecule has 3 rings (SSSR count). The molecule has 0 bridgehead atoms. The van der Waals surface area contributed by atoms with Gasteiger partial charge in [-0.25, -0.2) is 4.99 Å². The maximum atomic E-state index is 5.44. The molecule has 7 nitrogen and oxygen atoms in total. The van der Waals surface area contributed by atoms with Crippen LogP contribution >= 0.6 is 24.0 Å². The molecule has 8 heteroatoms. The second-order valence-electron chi connectivity index (χ2n) is 7.97. The van der Waals surface area contributed by atoms with Crippen LogP contribution in [0, 0.1) is 6.92 Å². The van der Waals surface area contributed by atoms with Crippen molar-refractivity contribution in [3.8, 4) is 0 Å². The van der Waals surface area contributed by atoms with Crippen molar-refractivity contribution in [2.24, 2.45) is 12.0 Å². The van der Waals surface area contributed by atoms with E-state index in [1.165, 1.54) is 42.4 Å². The minimum Gasteiger partial charge on any atom is -0.382 e. The van der Waals surface area contributed by atoms with E-state index in [4.69, 9.17) is 9.73 Å². The lowest BCUT2D eigenvalue weighted by Crippen LogP contribution is -2.39. The molecule has 1 aromatic heterocycles. The number of rotatable bonds is 9. The van der Waals surface area contributed by atoms with Crippen molar-refractivity contribution in [3.05, 3.63) is 46.5 Å². The molecule has 0 aliphatic heterocycles. The average Bonchev–Trinajstić information content (AvgIpc) is 3.08. The number of halogens is 1. The van der Waals surface area contributed by atoms with Gasteiger partial charge in [-0.2, -0.15) is 0 Å². The van der Waals surface area contributed by atoms with Crippen molar-refractivity contribution in [2.75, 3.05) is 19.8 Å². The first-order chi connectivity index (χ1) is 14.6. The Hall–Kier alpha value is -1.68. The van der Waals surface area contributed by atoms with Crippen LogP contribution in [0.2, 0.25) is 0 Å². The van der Waals surface area contributed by atoms with Gasteiger partial charge in [0, 0.05) is 26.8 Å². The normalized spacial score (nSPS) is 14.5. The lowest BCUT2D eigenvalue weighted by molar-refractivity contribution is 0.145. The van der Waals surface area contributed by atoms with Crippen LogP contribution in [-0.4, -0.2) is 40.5 Å². The first-order valence-electron chi connectivity index (χ1n) is 11.2. The van der Waals surface area contributed by atoms with Gasteiger partial charge in [0.05, 0.1) is 6.04 Å². The highest BCUT2D eigenvalue weighted by Crippen LogP contribution is 2.24. The van der Waals surface area contributed by atoms with E-state index >= 15 is 0 Å². The van der Waals surface area contributed by atoms with Crippen LogP contribution in [0.3, 0.4) is 0 Å². The fraction of sp³-hybridized carbons (Fsp3) is 0.609. The average molecular weight is 540 g/mol. The molecule has 31 heavy (non-hydrogen) atoms. The Morgan fingerprint density at radius 2 is 2.00 bits per heavy atom. The molecule has 1 atom stereocenters. The maximum Gasteiger partial charge on any atom is 0.192 e. The van der Waals surface area contributed by atoms with Crippen LogP contribution < -0.4 is 10.6 Å². The van der Waals surface area contributed by atoms with Crippen molar-refractivity contribution < 1.29 is 4.74 Å². The number of benzene rings is 1. The number of ether oxygens (including phenoxy) is 1. The lowest BCUT2D eigenvalue weighted by Gasteiger charge is -2.22. The number of hydrogen-bond donors (Lipinski definition) is 2. The van der Waals surface area contributed by atoms with E-state index in [0.717, 1.165) is 43.8 Å². The van der Waals surface area contributed by atoms with Crippen LogP contribution in [0.5, 0.6) is 0 Å². The molecule has 0 spiro atoms. The molecule has 0 saturated carbocycles. The smallest absolute Gasteiger partial charge is 0.192 e. The Labute approximate surface area is 203 Å². The zero-order valence-corrected chi connectivity index (χ0v) is 21.6. The van der Waals surface area contributed by atoms with Crippen LogP contribution in [0.15, 0.2) is 23.2 Å². The fourth-order valence-electron chi connectivity index (χ4n) is 3.73. The largest absolute Gasteiger partial charge is 0.382 e. The van der Waals surface area contributed by atoms with Crippen LogP contribution in [0.25, 0.3) is 0 Å². The number of aryl methyl sites for hydroxylation is 3. The van der Waals surface area contributed by atoms with E-state index in [2.05, 4.69) is 46.0 Å². The van der Waals surface area contributed by atoms with Gasteiger partial charge in [-0.1, -0.05) is 18.2 Å². The quantitative estimate of drug-likeness (QED) is 0.219. The van der Waals surface area contributed by atoms with E-state index in [9.17, 15) is 0 Å². The Kier molecular flexibility index (Phi) is 10.7. The number of guanidine groups is 1. The first kappa shape index (κ1) is 25.6. The van der Waals surface area contributed by atoms with E-state index in [-0.39, 0.29) is 30.0 Å². The summed E-state index contributed by atoms with van der Waals surface area (Å²) in [4.78, 5) is 4.77. The zero-order chi connectivity index (χ0) is 21.3. The van der Waals surface area contributed by atoms with E-state index in [1.54, 1.807) is 0 Å². The van der Waals surface area contributed by atoms with Crippen molar-refractivity contribution in [1.29, 1.82) is 0 Å². The van der Waals surface area contributed by atoms with Crippen molar-refractivity contribution in [1.82, 2.24) is 25.4 Å². The van der Waals surface area contributed by atoms with Gasteiger partial charge in [0.2, 0.25) is 0 Å². The topological polar surface area (TPSA) is 76.4 Å². The van der Waals surface area contributed by atoms with E-state index < -0.39 is 0 Å². The molecule has 172 valence electrons. The maximum absolute atomic E-state index is 5.44. The number of hydrogen-bond acceptors (Lipinski definition) is 4. The second-order valence-corrected chi connectivity index (χ2v) is 7.97. The SMILES string of the molecule is CCOCCCNC(=NCc1nnc(C)n1C)NC(C)c1ccc2c(c1)CCCC2.I. The van der Waals surface area contributed by atoms with Crippen LogP contribution in [0.1, 0.15) is 67.5 Å². The van der Waals surface area contributed by atoms with Gasteiger partial charge in [0.25, 0.3) is 0 Å². The third-order valence-corrected chi connectivity index (χ3v) is 5.75. The zero-order valence-electron chi connectivity index (χ0n) is 19.3. The molecule has 0 amide bonds. The molecule has 1 heterocycles. The van der Waals surface area contributed by atoms with E-state index in [0.29, 0.717) is 6.54 Å². The third-order valence-electron chi connectivity index (χ3n) is 5.75. The Morgan fingerprint density at radius 1 is 1.23 bits per heavy atom. The van der Waals surface area contributed by atoms with Crippen LogP contribution in [-0.2, 0) is 31.2 Å². The molecule has 2 aromatic rings. The van der Waals surface area contributed by atoms with Crippen molar-refractivity contribution in [2.45, 2.75) is 65.5 Å². The highest BCUT2D eigenvalue weighted by atomic mass is 127. The minimum absolute atomic E-state index is 0. The van der Waals surface area contributed by atoms with Crippen molar-refractivity contribution in [3.63, 3.8) is 0 Å². The molecular formula is C23H37IN6O. The fourth-order valence-corrected chi connectivity index (χ4v) is 3.73. The summed E-state index contributed by atoms with van der Waals surface area (Å²) < 4.78 is 7.42. The number of fused-ring (bicyclic) bond motifs is 1. The van der Waals surface area contributed by atoms with Gasteiger partial charge < -0.3 is 19.9 Å². The first-order valence-corrected chi connectivity index (χ1v) is 11.2. The highest BCUT2D eigenvalue weighted by molar-refractivity contribution is 14.0. The van der Waals surface area contributed by atoms with E-state index in [1.807, 2.05) is 25.5 Å². The third kappa shape index (κ3) is 7.45. The molecule has 1 aliphatic rings. The van der Waals surface area contributed by atoms with Gasteiger partial charge in [-0.15, -0.1) is 34.2 Å². The summed E-state index contributed by atoms with van der Waals surface area (Å²) in [6, 6.07) is 7.08. The molecule has 0 radical (unpaired) electrons.